The summed E-state index contributed by atoms with van der Waals surface area (Å²) in [6.45, 7) is 4.36. The molecule has 0 aromatic carbocycles. The summed E-state index contributed by atoms with van der Waals surface area (Å²) in [4.78, 5) is 30.5. The first-order chi connectivity index (χ1) is 14.5. The number of nitrogen functional groups attached to an aromatic ring is 1. The Balaban J connectivity index is 1.85. The second-order valence-corrected chi connectivity index (χ2v) is 7.23. The molecule has 154 valence electrons. The molecule has 30 heavy (non-hydrogen) atoms. The molecule has 4 rings (SSSR count). The van der Waals surface area contributed by atoms with Crippen molar-refractivity contribution in [2.45, 2.75) is 20.3 Å². The first kappa shape index (κ1) is 19.7. The maximum atomic E-state index is 12.9. The molecule has 0 aliphatic heterocycles. The van der Waals surface area contributed by atoms with Gasteiger partial charge in [0.05, 0.1) is 6.20 Å². The fraction of sp³-hybridized carbons (Fsp3) is 0.286. The summed E-state index contributed by atoms with van der Waals surface area (Å²) in [7, 11) is 1.60. The van der Waals surface area contributed by atoms with Gasteiger partial charge >= 0.3 is 0 Å². The highest BCUT2D eigenvalue weighted by molar-refractivity contribution is 5.99. The molecule has 0 amide bonds. The standard InChI is InChI=1S/C21H22N6O3/c1-12(11-29-3)8-15(28)18-20(22)26-19(21-23-6-7-30-21)17(25-18)14-4-5-16-24-9-13(2)27(16)10-14/h4-7,9-10,12H,8,11H2,1-3H3,(H2,22,26)/t12-/m0/s1. The van der Waals surface area contributed by atoms with E-state index in [0.717, 1.165) is 16.9 Å². The van der Waals surface area contributed by atoms with E-state index < -0.39 is 0 Å². The average molecular weight is 406 g/mol. The molecular weight excluding hydrogens is 384 g/mol. The van der Waals surface area contributed by atoms with E-state index in [-0.39, 0.29) is 35.5 Å². The number of aryl methyl sites for hydroxylation is 1. The second-order valence-electron chi connectivity index (χ2n) is 7.23. The highest BCUT2D eigenvalue weighted by Crippen LogP contribution is 2.31. The molecule has 4 aromatic heterocycles. The first-order valence-corrected chi connectivity index (χ1v) is 9.51. The largest absolute Gasteiger partial charge is 0.443 e. The van der Waals surface area contributed by atoms with Gasteiger partial charge in [0.25, 0.3) is 0 Å². The lowest BCUT2D eigenvalue weighted by molar-refractivity contribution is 0.0916. The quantitative estimate of drug-likeness (QED) is 0.464. The number of anilines is 1. The van der Waals surface area contributed by atoms with Crippen LogP contribution in [0.15, 0.2) is 41.4 Å². The molecule has 0 aliphatic carbocycles. The van der Waals surface area contributed by atoms with Crippen molar-refractivity contribution in [2.24, 2.45) is 5.92 Å². The maximum absolute atomic E-state index is 12.9. The fourth-order valence-corrected chi connectivity index (χ4v) is 3.34. The molecule has 0 unspecified atom stereocenters. The molecule has 2 N–H and O–H groups in total. The van der Waals surface area contributed by atoms with E-state index in [4.69, 9.17) is 14.9 Å². The summed E-state index contributed by atoms with van der Waals surface area (Å²) >= 11 is 0. The molecule has 9 heteroatoms. The van der Waals surface area contributed by atoms with Crippen molar-refractivity contribution < 1.29 is 13.9 Å². The minimum absolute atomic E-state index is 0.0310. The molecular formula is C21H22N6O3. The Morgan fingerprint density at radius 3 is 2.83 bits per heavy atom. The van der Waals surface area contributed by atoms with Gasteiger partial charge in [-0.25, -0.2) is 19.9 Å². The van der Waals surface area contributed by atoms with E-state index in [1.165, 1.54) is 12.5 Å². The van der Waals surface area contributed by atoms with Crippen LogP contribution in [0.25, 0.3) is 28.5 Å². The van der Waals surface area contributed by atoms with Gasteiger partial charge in [-0.1, -0.05) is 6.92 Å². The van der Waals surface area contributed by atoms with Crippen molar-refractivity contribution in [3.05, 3.63) is 48.4 Å². The monoisotopic (exact) mass is 406 g/mol. The third kappa shape index (κ3) is 3.67. The summed E-state index contributed by atoms with van der Waals surface area (Å²) in [6.07, 6.45) is 6.91. The predicted molar refractivity (Wildman–Crippen MR) is 111 cm³/mol. The molecule has 9 nitrogen and oxygen atoms in total. The van der Waals surface area contributed by atoms with Crippen LogP contribution in [0, 0.1) is 12.8 Å². The van der Waals surface area contributed by atoms with Crippen molar-refractivity contribution in [3.8, 4) is 22.8 Å². The van der Waals surface area contributed by atoms with Crippen LogP contribution >= 0.6 is 0 Å². The molecule has 0 saturated heterocycles. The smallest absolute Gasteiger partial charge is 0.247 e. The van der Waals surface area contributed by atoms with Gasteiger partial charge < -0.3 is 19.3 Å². The molecule has 0 bridgehead atoms. The number of oxazole rings is 1. The number of nitrogens with zero attached hydrogens (tertiary/aromatic N) is 5. The molecule has 0 saturated carbocycles. The Morgan fingerprint density at radius 2 is 2.10 bits per heavy atom. The summed E-state index contributed by atoms with van der Waals surface area (Å²) in [5, 5.41) is 0. The first-order valence-electron chi connectivity index (χ1n) is 9.51. The fourth-order valence-electron chi connectivity index (χ4n) is 3.34. The highest BCUT2D eigenvalue weighted by atomic mass is 16.5. The Morgan fingerprint density at radius 1 is 1.27 bits per heavy atom. The number of Topliss-reactive ketones (excluding diaryl/α,β-unsaturated/α-hetero) is 1. The van der Waals surface area contributed by atoms with E-state index >= 15 is 0 Å². The number of nitrogens with two attached hydrogens (primary N) is 1. The zero-order chi connectivity index (χ0) is 21.3. The number of methoxy groups -OCH3 is 1. The number of ketones is 1. The summed E-state index contributed by atoms with van der Waals surface area (Å²) in [6, 6.07) is 3.75. The molecule has 0 fully saturated rings. The lowest BCUT2D eigenvalue weighted by atomic mass is 10.0. The lowest BCUT2D eigenvalue weighted by Crippen LogP contribution is -2.15. The molecule has 4 aromatic rings. The van der Waals surface area contributed by atoms with Gasteiger partial charge in [-0.3, -0.25) is 4.79 Å². The van der Waals surface area contributed by atoms with E-state index in [2.05, 4.69) is 19.9 Å². The van der Waals surface area contributed by atoms with Crippen molar-refractivity contribution >= 4 is 17.2 Å². The molecule has 0 radical (unpaired) electrons. The minimum atomic E-state index is -0.190. The van der Waals surface area contributed by atoms with Crippen LogP contribution < -0.4 is 5.73 Å². The zero-order valence-electron chi connectivity index (χ0n) is 17.0. The highest BCUT2D eigenvalue weighted by Gasteiger charge is 2.23. The number of imidazole rings is 1. The van der Waals surface area contributed by atoms with Gasteiger partial charge in [0.2, 0.25) is 5.89 Å². The van der Waals surface area contributed by atoms with Crippen LogP contribution in [-0.4, -0.2) is 43.8 Å². The lowest BCUT2D eigenvalue weighted by Gasteiger charge is -2.13. The third-order valence-corrected chi connectivity index (χ3v) is 4.77. The van der Waals surface area contributed by atoms with Gasteiger partial charge in [-0.15, -0.1) is 0 Å². The normalized spacial score (nSPS) is 12.4. The SMILES string of the molecule is COC[C@@H](C)CC(=O)c1nc(-c2ccc3ncc(C)n3c2)c(-c2ncco2)nc1N. The van der Waals surface area contributed by atoms with Gasteiger partial charge in [0.1, 0.15) is 23.3 Å². The minimum Gasteiger partial charge on any atom is -0.443 e. The van der Waals surface area contributed by atoms with Crippen LogP contribution in [0.4, 0.5) is 5.82 Å². The molecule has 4 heterocycles. The topological polar surface area (TPSA) is 121 Å². The second kappa shape index (κ2) is 8.03. The van der Waals surface area contributed by atoms with Crippen LogP contribution in [0.3, 0.4) is 0 Å². The molecule has 0 aliphatic rings. The van der Waals surface area contributed by atoms with E-state index in [0.29, 0.717) is 18.0 Å². The number of hydrogen-bond acceptors (Lipinski definition) is 8. The van der Waals surface area contributed by atoms with Gasteiger partial charge in [-0.2, -0.15) is 0 Å². The van der Waals surface area contributed by atoms with Crippen LogP contribution in [0.5, 0.6) is 0 Å². The Bertz CT molecular complexity index is 1200. The predicted octanol–water partition coefficient (Wildman–Crippen LogP) is 3.19. The van der Waals surface area contributed by atoms with Gasteiger partial charge in [0.15, 0.2) is 17.3 Å². The number of carbonyl (C=O) groups excluding carboxylic acids is 1. The number of hydrogen-bond donors (Lipinski definition) is 1. The van der Waals surface area contributed by atoms with Crippen LogP contribution in [0.2, 0.25) is 0 Å². The Labute approximate surface area is 173 Å². The summed E-state index contributed by atoms with van der Waals surface area (Å²) in [5.74, 6) is 0.160. The van der Waals surface area contributed by atoms with Crippen molar-refractivity contribution in [2.75, 3.05) is 19.5 Å². The molecule has 1 atom stereocenters. The number of rotatable bonds is 7. The summed E-state index contributed by atoms with van der Waals surface area (Å²) < 4.78 is 12.5. The number of carbonyl (C=O) groups is 1. The van der Waals surface area contributed by atoms with Crippen LogP contribution in [0.1, 0.15) is 29.5 Å². The Hall–Kier alpha value is -3.59. The average Bonchev–Trinajstić information content (AvgIpc) is 3.38. The maximum Gasteiger partial charge on any atom is 0.247 e. The van der Waals surface area contributed by atoms with Crippen molar-refractivity contribution in [1.29, 1.82) is 0 Å². The van der Waals surface area contributed by atoms with E-state index in [1.807, 2.05) is 36.6 Å². The Kier molecular flexibility index (Phi) is 5.28. The van der Waals surface area contributed by atoms with Gasteiger partial charge in [-0.05, 0) is 25.0 Å². The number of fused-ring (bicyclic) bond motifs is 1. The molecule has 0 spiro atoms. The summed E-state index contributed by atoms with van der Waals surface area (Å²) in [5.41, 5.74) is 9.59. The number of ether oxygens (including phenoxy) is 1. The van der Waals surface area contributed by atoms with E-state index in [9.17, 15) is 4.79 Å². The van der Waals surface area contributed by atoms with Crippen molar-refractivity contribution in [1.82, 2.24) is 24.3 Å². The zero-order valence-corrected chi connectivity index (χ0v) is 17.0. The van der Waals surface area contributed by atoms with E-state index in [1.54, 1.807) is 13.3 Å². The van der Waals surface area contributed by atoms with Crippen molar-refractivity contribution in [3.63, 3.8) is 0 Å². The van der Waals surface area contributed by atoms with Gasteiger partial charge in [0, 0.05) is 43.8 Å². The number of aromatic nitrogens is 5. The number of pyridine rings is 1. The van der Waals surface area contributed by atoms with Crippen LogP contribution in [-0.2, 0) is 4.74 Å². The third-order valence-electron chi connectivity index (χ3n) is 4.77.